The minimum atomic E-state index is -0.164. The van der Waals surface area contributed by atoms with Gasteiger partial charge in [-0.15, -0.1) is 0 Å². The fraction of sp³-hybridized carbons (Fsp3) is 0.250. The molecule has 0 atom stereocenters. The number of hydrogen-bond acceptors (Lipinski definition) is 1. The Morgan fingerprint density at radius 3 is 2.47 bits per heavy atom. The van der Waals surface area contributed by atoms with Crippen molar-refractivity contribution in [1.82, 2.24) is 10.3 Å². The summed E-state index contributed by atoms with van der Waals surface area (Å²) in [6, 6.07) is 1.81. The Kier molecular flexibility index (Phi) is 5.86. The molecule has 1 aromatic heterocycles. The molecular formula is C12H18N2O. The first-order valence-electron chi connectivity index (χ1n) is 4.92. The van der Waals surface area contributed by atoms with E-state index in [1.165, 1.54) is 6.08 Å². The van der Waals surface area contributed by atoms with E-state index < -0.39 is 0 Å². The van der Waals surface area contributed by atoms with Crippen molar-refractivity contribution in [1.29, 1.82) is 0 Å². The standard InChI is InChI=1S/C10H12N2O.C2H6/c1-4-8(10(13)11-3)9-7(2)5-6-12-9;1-2/h4-6,12H,1-2H2,3H3,(H,11,13);1-2H3/b9-8-;. The van der Waals surface area contributed by atoms with Gasteiger partial charge in [0, 0.05) is 13.2 Å². The molecule has 0 aliphatic carbocycles. The van der Waals surface area contributed by atoms with Gasteiger partial charge < -0.3 is 10.3 Å². The maximum absolute atomic E-state index is 11.3. The van der Waals surface area contributed by atoms with Crippen LogP contribution in [-0.2, 0) is 4.79 Å². The summed E-state index contributed by atoms with van der Waals surface area (Å²) in [6.45, 7) is 11.4. The van der Waals surface area contributed by atoms with Crippen molar-refractivity contribution in [2.24, 2.45) is 0 Å². The number of hydrogen-bond donors (Lipinski definition) is 2. The molecule has 0 spiro atoms. The molecule has 2 N–H and O–H groups in total. The number of aromatic nitrogens is 1. The van der Waals surface area contributed by atoms with Gasteiger partial charge in [0.25, 0.3) is 5.91 Å². The molecular weight excluding hydrogens is 188 g/mol. The molecule has 0 unspecified atom stereocenters. The van der Waals surface area contributed by atoms with Gasteiger partial charge in [-0.3, -0.25) is 4.79 Å². The van der Waals surface area contributed by atoms with Gasteiger partial charge in [-0.25, -0.2) is 0 Å². The zero-order valence-corrected chi connectivity index (χ0v) is 9.55. The number of amides is 1. The van der Waals surface area contributed by atoms with Crippen LogP contribution >= 0.6 is 0 Å². The van der Waals surface area contributed by atoms with Crippen molar-refractivity contribution >= 4 is 18.1 Å². The summed E-state index contributed by atoms with van der Waals surface area (Å²) < 4.78 is 0. The average molecular weight is 206 g/mol. The molecule has 3 heteroatoms. The van der Waals surface area contributed by atoms with E-state index in [0.29, 0.717) is 10.9 Å². The number of carbonyl (C=O) groups excluding carboxylic acids is 1. The second-order valence-electron chi connectivity index (χ2n) is 2.57. The first-order valence-corrected chi connectivity index (χ1v) is 4.92. The first-order chi connectivity index (χ1) is 7.20. The minimum Gasteiger partial charge on any atom is -0.361 e. The second kappa shape index (κ2) is 6.65. The van der Waals surface area contributed by atoms with Gasteiger partial charge in [-0.2, -0.15) is 0 Å². The molecule has 0 saturated carbocycles. The summed E-state index contributed by atoms with van der Waals surface area (Å²) in [6.07, 6.45) is 3.25. The number of rotatable bonds is 2. The Hall–Kier alpha value is -1.77. The Balaban J connectivity index is 0.000000921. The molecule has 0 fully saturated rings. The lowest BCUT2D eigenvalue weighted by molar-refractivity contribution is -0.115. The van der Waals surface area contributed by atoms with Crippen LogP contribution < -0.4 is 15.9 Å². The third kappa shape index (κ3) is 3.13. The Morgan fingerprint density at radius 2 is 2.13 bits per heavy atom. The summed E-state index contributed by atoms with van der Waals surface area (Å²) >= 11 is 0. The van der Waals surface area contributed by atoms with Crippen LogP contribution in [0.2, 0.25) is 0 Å². The van der Waals surface area contributed by atoms with Crippen molar-refractivity contribution in [3.05, 3.63) is 35.5 Å². The van der Waals surface area contributed by atoms with E-state index in [2.05, 4.69) is 23.5 Å². The molecule has 15 heavy (non-hydrogen) atoms. The largest absolute Gasteiger partial charge is 0.361 e. The van der Waals surface area contributed by atoms with Gasteiger partial charge >= 0.3 is 0 Å². The van der Waals surface area contributed by atoms with Crippen LogP contribution in [0.1, 0.15) is 13.8 Å². The van der Waals surface area contributed by atoms with Crippen LogP contribution in [0.25, 0.3) is 12.2 Å². The number of carbonyl (C=O) groups is 1. The Bertz CT molecular complexity index is 429. The molecule has 0 aliphatic rings. The normalized spacial score (nSPS) is 10.9. The molecule has 1 rings (SSSR count). The highest BCUT2D eigenvalue weighted by Crippen LogP contribution is 1.90. The van der Waals surface area contributed by atoms with Gasteiger partial charge in [0.05, 0.1) is 10.9 Å². The topological polar surface area (TPSA) is 44.9 Å². The van der Waals surface area contributed by atoms with Gasteiger partial charge in [0.1, 0.15) is 0 Å². The average Bonchev–Trinajstić information content (AvgIpc) is 2.69. The second-order valence-corrected chi connectivity index (χ2v) is 2.57. The van der Waals surface area contributed by atoms with E-state index in [-0.39, 0.29) is 5.91 Å². The smallest absolute Gasteiger partial charge is 0.253 e. The van der Waals surface area contributed by atoms with Gasteiger partial charge in [-0.1, -0.05) is 33.1 Å². The monoisotopic (exact) mass is 206 g/mol. The van der Waals surface area contributed by atoms with E-state index in [0.717, 1.165) is 5.22 Å². The Morgan fingerprint density at radius 1 is 1.53 bits per heavy atom. The predicted molar refractivity (Wildman–Crippen MR) is 64.6 cm³/mol. The van der Waals surface area contributed by atoms with Crippen molar-refractivity contribution in [2.45, 2.75) is 13.8 Å². The lowest BCUT2D eigenvalue weighted by Crippen LogP contribution is -2.30. The predicted octanol–water partition coefficient (Wildman–Crippen LogP) is 0.534. The lowest BCUT2D eigenvalue weighted by Gasteiger charge is -1.97. The summed E-state index contributed by atoms with van der Waals surface area (Å²) in [4.78, 5) is 14.3. The highest BCUT2D eigenvalue weighted by molar-refractivity contribution is 6.16. The maximum Gasteiger partial charge on any atom is 0.253 e. The molecule has 0 radical (unpaired) electrons. The molecule has 1 aromatic rings. The fourth-order valence-electron chi connectivity index (χ4n) is 1.10. The SMILES string of the molecule is C=C/C(C(=O)NC)=c1/[nH]ccc1=C.CC. The van der Waals surface area contributed by atoms with Crippen molar-refractivity contribution in [3.63, 3.8) is 0 Å². The number of H-pyrrole nitrogens is 1. The van der Waals surface area contributed by atoms with Crippen LogP contribution in [0.3, 0.4) is 0 Å². The van der Waals surface area contributed by atoms with Gasteiger partial charge in [0.2, 0.25) is 0 Å². The first kappa shape index (κ1) is 13.2. The maximum atomic E-state index is 11.3. The zero-order valence-electron chi connectivity index (χ0n) is 9.55. The molecule has 0 saturated heterocycles. The van der Waals surface area contributed by atoms with Crippen LogP contribution in [0, 0.1) is 0 Å². The van der Waals surface area contributed by atoms with E-state index in [9.17, 15) is 4.79 Å². The third-order valence-corrected chi connectivity index (χ3v) is 1.78. The molecule has 82 valence electrons. The Labute approximate surface area is 90.2 Å². The number of nitrogens with one attached hydrogen (secondary N) is 2. The van der Waals surface area contributed by atoms with E-state index in [1.807, 2.05) is 19.9 Å². The zero-order chi connectivity index (χ0) is 11.8. The van der Waals surface area contributed by atoms with Gasteiger partial charge in [0.15, 0.2) is 0 Å². The van der Waals surface area contributed by atoms with Crippen LogP contribution in [0.15, 0.2) is 24.9 Å². The summed E-state index contributed by atoms with van der Waals surface area (Å²) in [5.74, 6) is -0.164. The van der Waals surface area contributed by atoms with Crippen LogP contribution in [0.4, 0.5) is 0 Å². The lowest BCUT2D eigenvalue weighted by atomic mass is 10.2. The van der Waals surface area contributed by atoms with Crippen molar-refractivity contribution in [2.75, 3.05) is 7.05 Å². The number of aromatic amines is 1. The van der Waals surface area contributed by atoms with E-state index in [1.54, 1.807) is 13.2 Å². The summed E-state index contributed by atoms with van der Waals surface area (Å²) in [5.41, 5.74) is 0.512. The highest BCUT2D eigenvalue weighted by atomic mass is 16.1. The molecule has 1 amide bonds. The van der Waals surface area contributed by atoms with Crippen LogP contribution in [-0.4, -0.2) is 17.9 Å². The molecule has 0 bridgehead atoms. The fourth-order valence-corrected chi connectivity index (χ4v) is 1.10. The van der Waals surface area contributed by atoms with Gasteiger partial charge in [-0.05, 0) is 11.3 Å². The van der Waals surface area contributed by atoms with E-state index in [4.69, 9.17) is 0 Å². The van der Waals surface area contributed by atoms with Crippen LogP contribution in [0.5, 0.6) is 0 Å². The van der Waals surface area contributed by atoms with E-state index >= 15 is 0 Å². The van der Waals surface area contributed by atoms with Crippen molar-refractivity contribution < 1.29 is 4.79 Å². The molecule has 3 nitrogen and oxygen atoms in total. The quantitative estimate of drug-likeness (QED) is 0.728. The summed E-state index contributed by atoms with van der Waals surface area (Å²) in [7, 11) is 1.58. The minimum absolute atomic E-state index is 0.164. The molecule has 0 aliphatic heterocycles. The van der Waals surface area contributed by atoms with Crippen molar-refractivity contribution in [3.8, 4) is 0 Å². The molecule has 1 heterocycles. The molecule has 0 aromatic carbocycles. The highest BCUT2D eigenvalue weighted by Gasteiger charge is 2.04. The third-order valence-electron chi connectivity index (χ3n) is 1.78. The summed E-state index contributed by atoms with van der Waals surface area (Å²) in [5, 5.41) is 4.04.